The number of ketones is 1. The molecule has 134 valence electrons. The van der Waals surface area contributed by atoms with Crippen molar-refractivity contribution in [3.05, 3.63) is 65.9 Å². The van der Waals surface area contributed by atoms with Crippen LogP contribution in [0.5, 0.6) is 0 Å². The van der Waals surface area contributed by atoms with Gasteiger partial charge in [0.15, 0.2) is 0 Å². The first-order chi connectivity index (χ1) is 12.6. The van der Waals surface area contributed by atoms with Gasteiger partial charge in [-0.1, -0.05) is 36.4 Å². The van der Waals surface area contributed by atoms with Gasteiger partial charge in [-0.05, 0) is 32.0 Å². The summed E-state index contributed by atoms with van der Waals surface area (Å²) in [4.78, 5) is 20.4. The van der Waals surface area contributed by atoms with E-state index in [9.17, 15) is 4.79 Å². The number of carbonyl (C=O) groups excluding carboxylic acids is 1. The standard InChI is InChI=1S/C22H25N3O/c1-16-21(19-10-6-7-11-20(19)23-16)22(26)17(2)24-12-14-25(15-13-24)18-8-4-3-5-9-18/h3-11,17,23H,12-15H2,1-2H3/p+1/t17-/m1/s1. The number of quaternary nitrogens is 1. The predicted molar refractivity (Wildman–Crippen MR) is 106 cm³/mol. The second-order valence-corrected chi connectivity index (χ2v) is 7.24. The first-order valence-electron chi connectivity index (χ1n) is 9.41. The van der Waals surface area contributed by atoms with E-state index in [4.69, 9.17) is 0 Å². The van der Waals surface area contributed by atoms with Crippen LogP contribution in [0.25, 0.3) is 10.9 Å². The van der Waals surface area contributed by atoms with Gasteiger partial charge in [-0.25, -0.2) is 0 Å². The van der Waals surface area contributed by atoms with Crippen molar-refractivity contribution in [3.8, 4) is 0 Å². The number of anilines is 1. The number of nitrogens with zero attached hydrogens (tertiary/aromatic N) is 1. The van der Waals surface area contributed by atoms with Crippen LogP contribution in [0.3, 0.4) is 0 Å². The van der Waals surface area contributed by atoms with Gasteiger partial charge >= 0.3 is 0 Å². The maximum absolute atomic E-state index is 13.2. The molecule has 2 aromatic carbocycles. The highest BCUT2D eigenvalue weighted by Crippen LogP contribution is 2.23. The summed E-state index contributed by atoms with van der Waals surface area (Å²) in [6.45, 7) is 8.04. The maximum Gasteiger partial charge on any atom is 0.222 e. The second-order valence-electron chi connectivity index (χ2n) is 7.24. The third kappa shape index (κ3) is 3.01. The number of piperazine rings is 1. The van der Waals surface area contributed by atoms with E-state index in [-0.39, 0.29) is 11.8 Å². The van der Waals surface area contributed by atoms with Gasteiger partial charge in [0, 0.05) is 22.3 Å². The van der Waals surface area contributed by atoms with Crippen LogP contribution in [0.2, 0.25) is 0 Å². The topological polar surface area (TPSA) is 40.5 Å². The van der Waals surface area contributed by atoms with Gasteiger partial charge in [0.25, 0.3) is 0 Å². The quantitative estimate of drug-likeness (QED) is 0.711. The number of rotatable bonds is 4. The minimum absolute atomic E-state index is 0.0224. The van der Waals surface area contributed by atoms with Crippen molar-refractivity contribution in [2.24, 2.45) is 0 Å². The molecule has 2 N–H and O–H groups in total. The Kier molecular flexibility index (Phi) is 4.51. The number of hydrogen-bond acceptors (Lipinski definition) is 2. The third-order valence-electron chi connectivity index (χ3n) is 5.67. The Hall–Kier alpha value is -2.59. The highest BCUT2D eigenvalue weighted by atomic mass is 16.1. The van der Waals surface area contributed by atoms with Crippen molar-refractivity contribution >= 4 is 22.4 Å². The summed E-state index contributed by atoms with van der Waals surface area (Å²) in [5, 5.41) is 1.05. The first-order valence-corrected chi connectivity index (χ1v) is 9.41. The summed E-state index contributed by atoms with van der Waals surface area (Å²) in [5.74, 6) is 0.253. The zero-order valence-electron chi connectivity index (χ0n) is 15.5. The normalized spacial score (nSPS) is 16.8. The number of Topliss-reactive ketones (excluding diaryl/α,β-unsaturated/α-hetero) is 1. The summed E-state index contributed by atoms with van der Waals surface area (Å²) < 4.78 is 0. The average Bonchev–Trinajstić information content (AvgIpc) is 3.03. The SMILES string of the molecule is Cc1[nH]c2ccccc2c1C(=O)[C@@H](C)[NH+]1CCN(c2ccccc2)CC1. The number of aromatic amines is 1. The van der Waals surface area contributed by atoms with Crippen molar-refractivity contribution in [3.63, 3.8) is 0 Å². The maximum atomic E-state index is 13.2. The van der Waals surface area contributed by atoms with Crippen molar-refractivity contribution < 1.29 is 9.69 Å². The van der Waals surface area contributed by atoms with Gasteiger partial charge in [0.05, 0.1) is 31.7 Å². The molecule has 0 spiro atoms. The highest BCUT2D eigenvalue weighted by molar-refractivity contribution is 6.10. The molecule has 3 aromatic rings. The van der Waals surface area contributed by atoms with Crippen LogP contribution in [0.1, 0.15) is 23.0 Å². The molecule has 26 heavy (non-hydrogen) atoms. The fraction of sp³-hybridized carbons (Fsp3) is 0.318. The van der Waals surface area contributed by atoms with Crippen molar-refractivity contribution in [2.45, 2.75) is 19.9 Å². The Bertz CT molecular complexity index is 908. The van der Waals surface area contributed by atoms with E-state index in [0.717, 1.165) is 48.3 Å². The van der Waals surface area contributed by atoms with Gasteiger partial charge in [-0.15, -0.1) is 0 Å². The lowest BCUT2D eigenvalue weighted by molar-refractivity contribution is -0.914. The van der Waals surface area contributed by atoms with E-state index in [0.29, 0.717) is 0 Å². The zero-order chi connectivity index (χ0) is 18.1. The number of fused-ring (bicyclic) bond motifs is 1. The van der Waals surface area contributed by atoms with Crippen molar-refractivity contribution in [1.82, 2.24) is 4.98 Å². The molecule has 4 heteroatoms. The molecule has 0 unspecified atom stereocenters. The summed E-state index contributed by atoms with van der Waals surface area (Å²) in [7, 11) is 0. The minimum atomic E-state index is -0.0224. The number of carbonyl (C=O) groups is 1. The van der Waals surface area contributed by atoms with E-state index in [1.165, 1.54) is 10.6 Å². The molecule has 0 radical (unpaired) electrons. The van der Waals surface area contributed by atoms with Crippen molar-refractivity contribution in [1.29, 1.82) is 0 Å². The number of nitrogens with one attached hydrogen (secondary N) is 2. The smallest absolute Gasteiger partial charge is 0.222 e. The van der Waals surface area contributed by atoms with E-state index < -0.39 is 0 Å². The van der Waals surface area contributed by atoms with Gasteiger partial charge in [0.1, 0.15) is 6.04 Å². The molecule has 0 amide bonds. The lowest BCUT2D eigenvalue weighted by atomic mass is 10.0. The largest absolute Gasteiger partial charge is 0.360 e. The number of benzene rings is 2. The summed E-state index contributed by atoms with van der Waals surface area (Å²) in [5.41, 5.74) is 4.17. The molecule has 0 aliphatic carbocycles. The Labute approximate surface area is 154 Å². The Morgan fingerprint density at radius 1 is 1.04 bits per heavy atom. The second kappa shape index (κ2) is 6.96. The lowest BCUT2D eigenvalue weighted by Crippen LogP contribution is -3.18. The molecule has 0 saturated carbocycles. The molecule has 0 bridgehead atoms. The predicted octanol–water partition coefficient (Wildman–Crippen LogP) is 2.45. The molecule has 4 nitrogen and oxygen atoms in total. The fourth-order valence-corrected chi connectivity index (χ4v) is 4.12. The first kappa shape index (κ1) is 16.9. The van der Waals surface area contributed by atoms with E-state index in [2.05, 4.69) is 47.1 Å². The van der Waals surface area contributed by atoms with Crippen LogP contribution in [0.4, 0.5) is 5.69 Å². The number of para-hydroxylation sites is 2. The molecule has 1 saturated heterocycles. The number of aromatic nitrogens is 1. The minimum Gasteiger partial charge on any atom is -0.360 e. The molecule has 2 heterocycles. The lowest BCUT2D eigenvalue weighted by Gasteiger charge is -2.36. The van der Waals surface area contributed by atoms with E-state index >= 15 is 0 Å². The van der Waals surface area contributed by atoms with Gasteiger partial charge < -0.3 is 14.8 Å². The average molecular weight is 348 g/mol. The van der Waals surface area contributed by atoms with Crippen LogP contribution in [0.15, 0.2) is 54.6 Å². The molecule has 1 atom stereocenters. The Morgan fingerprint density at radius 2 is 1.69 bits per heavy atom. The zero-order valence-corrected chi connectivity index (χ0v) is 15.5. The van der Waals surface area contributed by atoms with Crippen LogP contribution in [-0.2, 0) is 0 Å². The molecule has 1 aliphatic rings. The number of aryl methyl sites for hydroxylation is 1. The van der Waals surface area contributed by atoms with Crippen LogP contribution in [0, 0.1) is 6.92 Å². The van der Waals surface area contributed by atoms with Crippen LogP contribution in [-0.4, -0.2) is 43.0 Å². The van der Waals surface area contributed by atoms with Crippen LogP contribution >= 0.6 is 0 Å². The molecular weight excluding hydrogens is 322 g/mol. The van der Waals surface area contributed by atoms with Gasteiger partial charge in [-0.2, -0.15) is 0 Å². The number of hydrogen-bond donors (Lipinski definition) is 2. The molecule has 4 rings (SSSR count). The number of H-pyrrole nitrogens is 1. The fourth-order valence-electron chi connectivity index (χ4n) is 4.12. The van der Waals surface area contributed by atoms with Crippen molar-refractivity contribution in [2.75, 3.05) is 31.1 Å². The third-order valence-corrected chi connectivity index (χ3v) is 5.67. The molecule has 1 aromatic heterocycles. The molecular formula is C22H26N3O+. The molecule has 1 aliphatic heterocycles. The monoisotopic (exact) mass is 348 g/mol. The van der Waals surface area contributed by atoms with E-state index in [1.807, 2.05) is 31.2 Å². The van der Waals surface area contributed by atoms with Gasteiger partial charge in [-0.3, -0.25) is 4.79 Å². The van der Waals surface area contributed by atoms with E-state index in [1.54, 1.807) is 0 Å². The molecule has 1 fully saturated rings. The summed E-state index contributed by atoms with van der Waals surface area (Å²) >= 11 is 0. The van der Waals surface area contributed by atoms with Gasteiger partial charge in [0.2, 0.25) is 5.78 Å². The highest BCUT2D eigenvalue weighted by Gasteiger charge is 2.31. The Morgan fingerprint density at radius 3 is 2.42 bits per heavy atom. The Balaban J connectivity index is 1.49. The van der Waals surface area contributed by atoms with Crippen LogP contribution < -0.4 is 9.80 Å². The summed E-state index contributed by atoms with van der Waals surface area (Å²) in [6.07, 6.45) is 0. The summed E-state index contributed by atoms with van der Waals surface area (Å²) in [6, 6.07) is 18.6.